The van der Waals surface area contributed by atoms with Crippen LogP contribution < -0.4 is 10.2 Å². The lowest BCUT2D eigenvalue weighted by molar-refractivity contribution is -0.141. The summed E-state index contributed by atoms with van der Waals surface area (Å²) in [5.74, 6) is 0.405. The van der Waals surface area contributed by atoms with Crippen molar-refractivity contribution in [2.24, 2.45) is 0 Å². The predicted octanol–water partition coefficient (Wildman–Crippen LogP) is 3.32. The molecule has 4 heteroatoms. The summed E-state index contributed by atoms with van der Waals surface area (Å²) in [7, 11) is 0. The molecule has 0 fully saturated rings. The Balaban J connectivity index is 1.83. The summed E-state index contributed by atoms with van der Waals surface area (Å²) in [6, 6.07) is 15.4. The Labute approximate surface area is 131 Å². The fourth-order valence-corrected chi connectivity index (χ4v) is 1.94. The number of ether oxygens (including phenoxy) is 1. The van der Waals surface area contributed by atoms with Crippen LogP contribution >= 0.6 is 0 Å². The van der Waals surface area contributed by atoms with Crippen LogP contribution in [0.25, 0.3) is 0 Å². The summed E-state index contributed by atoms with van der Waals surface area (Å²) in [5.41, 5.74) is 5.58. The molecule has 0 aliphatic rings. The molecular formula is C18H21NO3. The lowest BCUT2D eigenvalue weighted by atomic mass is 10.1. The third-order valence-corrected chi connectivity index (χ3v) is 3.48. The summed E-state index contributed by atoms with van der Waals surface area (Å²) in [6.45, 7) is 6.00. The molecule has 2 aromatic rings. The highest BCUT2D eigenvalue weighted by atomic mass is 16.7. The van der Waals surface area contributed by atoms with Crippen molar-refractivity contribution in [3.05, 3.63) is 65.2 Å². The summed E-state index contributed by atoms with van der Waals surface area (Å²) in [6.07, 6.45) is -0.628. The van der Waals surface area contributed by atoms with E-state index in [-0.39, 0.29) is 5.91 Å². The second-order valence-corrected chi connectivity index (χ2v) is 5.20. The molecule has 0 aliphatic carbocycles. The van der Waals surface area contributed by atoms with E-state index in [4.69, 9.17) is 9.57 Å². The standard InChI is InChI=1S/C18H21NO3/c1-13-8-7-11-17(14(13)2)22-15(3)18(20)19-21-12-16-9-5-4-6-10-16/h4-11,15H,12H2,1-3H3,(H,19,20)/t15-/m1/s1. The molecule has 22 heavy (non-hydrogen) atoms. The number of carbonyl (C=O) groups is 1. The third-order valence-electron chi connectivity index (χ3n) is 3.48. The van der Waals surface area contributed by atoms with Crippen molar-refractivity contribution < 1.29 is 14.4 Å². The van der Waals surface area contributed by atoms with Crippen LogP contribution in [0.1, 0.15) is 23.6 Å². The van der Waals surface area contributed by atoms with Crippen LogP contribution in [0, 0.1) is 13.8 Å². The number of hydrogen-bond donors (Lipinski definition) is 1. The van der Waals surface area contributed by atoms with Gasteiger partial charge in [-0.3, -0.25) is 9.63 Å². The molecule has 0 aliphatic heterocycles. The van der Waals surface area contributed by atoms with E-state index in [1.54, 1.807) is 6.92 Å². The highest BCUT2D eigenvalue weighted by molar-refractivity contribution is 5.79. The lowest BCUT2D eigenvalue weighted by Gasteiger charge is -2.17. The highest BCUT2D eigenvalue weighted by Gasteiger charge is 2.16. The van der Waals surface area contributed by atoms with Crippen molar-refractivity contribution in [3.8, 4) is 5.75 Å². The minimum atomic E-state index is -0.628. The quantitative estimate of drug-likeness (QED) is 0.832. The van der Waals surface area contributed by atoms with Gasteiger partial charge in [0.15, 0.2) is 6.10 Å². The molecule has 1 N–H and O–H groups in total. The maximum absolute atomic E-state index is 12.0. The molecule has 0 saturated heterocycles. The Morgan fingerprint density at radius 1 is 1.09 bits per heavy atom. The zero-order valence-corrected chi connectivity index (χ0v) is 13.1. The van der Waals surface area contributed by atoms with Gasteiger partial charge < -0.3 is 4.74 Å². The van der Waals surface area contributed by atoms with E-state index in [0.29, 0.717) is 12.4 Å². The molecule has 0 aromatic heterocycles. The summed E-state index contributed by atoms with van der Waals surface area (Å²) in [4.78, 5) is 17.2. The van der Waals surface area contributed by atoms with Crippen LogP contribution in [0.3, 0.4) is 0 Å². The molecule has 2 aromatic carbocycles. The molecule has 0 spiro atoms. The fraction of sp³-hybridized carbons (Fsp3) is 0.278. The second kappa shape index (κ2) is 7.61. The maximum Gasteiger partial charge on any atom is 0.284 e. The Morgan fingerprint density at radius 2 is 1.82 bits per heavy atom. The number of hydroxylamine groups is 1. The maximum atomic E-state index is 12.0. The van der Waals surface area contributed by atoms with Crippen LogP contribution in [-0.4, -0.2) is 12.0 Å². The monoisotopic (exact) mass is 299 g/mol. The van der Waals surface area contributed by atoms with Crippen LogP contribution in [0.2, 0.25) is 0 Å². The number of rotatable bonds is 6. The van der Waals surface area contributed by atoms with Gasteiger partial charge >= 0.3 is 0 Å². The van der Waals surface area contributed by atoms with E-state index in [2.05, 4.69) is 5.48 Å². The van der Waals surface area contributed by atoms with E-state index < -0.39 is 6.10 Å². The normalized spacial score (nSPS) is 11.8. The smallest absolute Gasteiger partial charge is 0.284 e. The first-order chi connectivity index (χ1) is 10.6. The zero-order valence-electron chi connectivity index (χ0n) is 13.1. The number of hydrogen-bond acceptors (Lipinski definition) is 3. The molecule has 0 saturated carbocycles. The van der Waals surface area contributed by atoms with Gasteiger partial charge in [0.1, 0.15) is 5.75 Å². The number of aryl methyl sites for hydroxylation is 1. The van der Waals surface area contributed by atoms with E-state index in [1.807, 2.05) is 62.4 Å². The Bertz CT molecular complexity index is 625. The SMILES string of the molecule is Cc1cccc(O[C@H](C)C(=O)NOCc2ccccc2)c1C. The Morgan fingerprint density at radius 3 is 2.55 bits per heavy atom. The average Bonchev–Trinajstić information content (AvgIpc) is 2.52. The number of carbonyl (C=O) groups excluding carboxylic acids is 1. The fourth-order valence-electron chi connectivity index (χ4n) is 1.94. The average molecular weight is 299 g/mol. The van der Waals surface area contributed by atoms with E-state index >= 15 is 0 Å². The van der Waals surface area contributed by atoms with Crippen LogP contribution in [-0.2, 0) is 16.2 Å². The number of benzene rings is 2. The third kappa shape index (κ3) is 4.33. The van der Waals surface area contributed by atoms with Crippen LogP contribution in [0.5, 0.6) is 5.75 Å². The molecule has 1 amide bonds. The largest absolute Gasteiger partial charge is 0.481 e. The van der Waals surface area contributed by atoms with Crippen molar-refractivity contribution in [2.45, 2.75) is 33.5 Å². The van der Waals surface area contributed by atoms with Crippen molar-refractivity contribution in [2.75, 3.05) is 0 Å². The molecular weight excluding hydrogens is 278 g/mol. The van der Waals surface area contributed by atoms with Gasteiger partial charge in [0.05, 0.1) is 6.61 Å². The van der Waals surface area contributed by atoms with Crippen LogP contribution in [0.4, 0.5) is 0 Å². The minimum absolute atomic E-state index is 0.308. The Kier molecular flexibility index (Phi) is 5.55. The molecule has 0 radical (unpaired) electrons. The first-order valence-corrected chi connectivity index (χ1v) is 7.26. The molecule has 0 heterocycles. The van der Waals surface area contributed by atoms with Gasteiger partial charge in [-0.05, 0) is 43.5 Å². The number of amides is 1. The van der Waals surface area contributed by atoms with Gasteiger partial charge in [-0.25, -0.2) is 5.48 Å². The molecule has 2 rings (SSSR count). The minimum Gasteiger partial charge on any atom is -0.481 e. The van der Waals surface area contributed by atoms with E-state index in [1.165, 1.54) is 0 Å². The number of nitrogens with one attached hydrogen (secondary N) is 1. The zero-order chi connectivity index (χ0) is 15.9. The molecule has 0 unspecified atom stereocenters. The van der Waals surface area contributed by atoms with Crippen molar-refractivity contribution in [1.29, 1.82) is 0 Å². The Hall–Kier alpha value is -2.33. The second-order valence-electron chi connectivity index (χ2n) is 5.20. The molecule has 116 valence electrons. The summed E-state index contributed by atoms with van der Waals surface area (Å²) in [5, 5.41) is 0. The van der Waals surface area contributed by atoms with Crippen molar-refractivity contribution >= 4 is 5.91 Å². The van der Waals surface area contributed by atoms with Gasteiger partial charge in [0, 0.05) is 0 Å². The molecule has 4 nitrogen and oxygen atoms in total. The van der Waals surface area contributed by atoms with Gasteiger partial charge in [0.25, 0.3) is 5.91 Å². The summed E-state index contributed by atoms with van der Waals surface area (Å²) < 4.78 is 5.70. The van der Waals surface area contributed by atoms with Crippen molar-refractivity contribution in [1.82, 2.24) is 5.48 Å². The lowest BCUT2D eigenvalue weighted by Crippen LogP contribution is -2.36. The first kappa shape index (κ1) is 16.0. The van der Waals surface area contributed by atoms with Crippen LogP contribution in [0.15, 0.2) is 48.5 Å². The van der Waals surface area contributed by atoms with Gasteiger partial charge in [-0.2, -0.15) is 0 Å². The van der Waals surface area contributed by atoms with Gasteiger partial charge in [-0.15, -0.1) is 0 Å². The van der Waals surface area contributed by atoms with E-state index in [9.17, 15) is 4.79 Å². The topological polar surface area (TPSA) is 47.6 Å². The summed E-state index contributed by atoms with van der Waals surface area (Å²) >= 11 is 0. The van der Waals surface area contributed by atoms with E-state index in [0.717, 1.165) is 16.7 Å². The first-order valence-electron chi connectivity index (χ1n) is 7.26. The molecule has 0 bridgehead atoms. The predicted molar refractivity (Wildman–Crippen MR) is 85.4 cm³/mol. The van der Waals surface area contributed by atoms with Gasteiger partial charge in [0.2, 0.25) is 0 Å². The van der Waals surface area contributed by atoms with Gasteiger partial charge in [-0.1, -0.05) is 42.5 Å². The van der Waals surface area contributed by atoms with Crippen molar-refractivity contribution in [3.63, 3.8) is 0 Å². The highest BCUT2D eigenvalue weighted by Crippen LogP contribution is 2.21. The molecule has 1 atom stereocenters.